The van der Waals surface area contributed by atoms with Crippen molar-refractivity contribution in [2.75, 3.05) is 6.26 Å². The molecule has 0 rings (SSSR count). The van der Waals surface area contributed by atoms with Gasteiger partial charge in [0.1, 0.15) is 0 Å². The second-order valence-electron chi connectivity index (χ2n) is 1.20. The summed E-state index contributed by atoms with van der Waals surface area (Å²) < 4.78 is 39.6. The van der Waals surface area contributed by atoms with Crippen molar-refractivity contribution in [3.05, 3.63) is 0 Å². The molecule has 0 aliphatic carbocycles. The van der Waals surface area contributed by atoms with Gasteiger partial charge in [-0.15, -0.1) is 0 Å². The van der Waals surface area contributed by atoms with E-state index in [-0.39, 0.29) is 0 Å². The highest BCUT2D eigenvalue weighted by Gasteiger charge is 2.16. The molecule has 0 heterocycles. The van der Waals surface area contributed by atoms with Crippen LogP contribution in [-0.4, -0.2) is 23.1 Å². The van der Waals surface area contributed by atoms with Crippen molar-refractivity contribution in [1.29, 1.82) is 0 Å². The van der Waals surface area contributed by atoms with E-state index in [0.717, 1.165) is 0 Å². The molecule has 0 saturated heterocycles. The Balaban J connectivity index is 5.18. The van der Waals surface area contributed by atoms with Gasteiger partial charge in [0.15, 0.2) is 0 Å². The fourth-order valence-corrected chi connectivity index (χ4v) is 0. The summed E-state index contributed by atoms with van der Waals surface area (Å²) in [5.74, 6) is 0. The molecule has 50 valence electrons. The molecule has 0 spiro atoms. The number of rotatable bonds is 1. The van der Waals surface area contributed by atoms with Crippen LogP contribution < -0.4 is 5.14 Å². The molecule has 2 N–H and O–H groups in total. The molecule has 0 aliphatic rings. The van der Waals surface area contributed by atoms with Gasteiger partial charge in [0.2, 0.25) is 0 Å². The van der Waals surface area contributed by atoms with Crippen molar-refractivity contribution in [3.8, 4) is 0 Å². The van der Waals surface area contributed by atoms with Crippen molar-refractivity contribution in [2.45, 2.75) is 0 Å². The maximum absolute atomic E-state index is 9.94. The summed E-state index contributed by atoms with van der Waals surface area (Å²) in [5.41, 5.74) is 0. The average molecular weight is 159 g/mol. The number of nitrogens with two attached hydrogens (primary N) is 1. The molecule has 8 heavy (non-hydrogen) atoms. The summed E-state index contributed by atoms with van der Waals surface area (Å²) >= 11 is 0. The van der Waals surface area contributed by atoms with E-state index in [4.69, 9.17) is 0 Å². The van der Waals surface area contributed by atoms with E-state index in [1.54, 1.807) is 0 Å². The normalized spacial score (nSPS) is 13.8. The Hall–Kier alpha value is -0.140. The Bertz CT molecular complexity index is 226. The van der Waals surface area contributed by atoms with Gasteiger partial charge < -0.3 is 0 Å². The van der Waals surface area contributed by atoms with Gasteiger partial charge in [0.25, 0.3) is 8.87 Å². The Morgan fingerprint density at radius 2 is 1.25 bits per heavy atom. The molecule has 0 aromatic rings. The second kappa shape index (κ2) is 1.67. The third-order valence-corrected chi connectivity index (χ3v) is 3.80. The first-order valence-corrected chi connectivity index (χ1v) is 5.43. The molecule has 5 nitrogen and oxygen atoms in total. The highest BCUT2D eigenvalue weighted by Crippen LogP contribution is 1.87. The van der Waals surface area contributed by atoms with Crippen LogP contribution in [0.5, 0.6) is 0 Å². The zero-order valence-electron chi connectivity index (χ0n) is 4.03. The Labute approximate surface area is 46.9 Å². The average Bonchev–Trinajstić information content (AvgIpc) is 1.25. The minimum absolute atomic E-state index is 0.530. The topological polar surface area (TPSA) is 94.3 Å². The van der Waals surface area contributed by atoms with Crippen LogP contribution in [0.15, 0.2) is 0 Å². The van der Waals surface area contributed by atoms with Crippen LogP contribution in [0.3, 0.4) is 0 Å². The van der Waals surface area contributed by atoms with E-state index in [1.165, 1.54) is 0 Å². The SMILES string of the molecule is CS(=O)(=O)S(N)(=O)=O. The van der Waals surface area contributed by atoms with Crippen molar-refractivity contribution in [3.63, 3.8) is 0 Å². The minimum Gasteiger partial charge on any atom is -0.216 e. The maximum Gasteiger partial charge on any atom is 0.314 e. The summed E-state index contributed by atoms with van der Waals surface area (Å²) in [6.07, 6.45) is 0.530. The molecule has 0 aromatic heterocycles. The van der Waals surface area contributed by atoms with Crippen molar-refractivity contribution < 1.29 is 16.8 Å². The number of hydrogen-bond acceptors (Lipinski definition) is 4. The Morgan fingerprint density at radius 3 is 1.25 bits per heavy atom. The van der Waals surface area contributed by atoms with Gasteiger partial charge in [-0.25, -0.2) is 13.6 Å². The standard InChI is InChI=1S/CH5NO4S2/c1-7(3,4)8(2,5)6/h1H3,(H2,2,5,6). The van der Waals surface area contributed by atoms with Gasteiger partial charge >= 0.3 is 9.06 Å². The van der Waals surface area contributed by atoms with Gasteiger partial charge in [-0.2, -0.15) is 8.42 Å². The first-order valence-electron chi connectivity index (χ1n) is 1.48. The van der Waals surface area contributed by atoms with E-state index in [0.29, 0.717) is 6.26 Å². The highest BCUT2D eigenvalue weighted by molar-refractivity contribution is 8.66. The predicted octanol–water partition coefficient (Wildman–Crippen LogP) is -1.77. The lowest BCUT2D eigenvalue weighted by atomic mass is 12.0. The summed E-state index contributed by atoms with van der Waals surface area (Å²) in [5, 5.41) is 4.20. The van der Waals surface area contributed by atoms with E-state index in [2.05, 4.69) is 5.14 Å². The lowest BCUT2D eigenvalue weighted by Crippen LogP contribution is -2.21. The summed E-state index contributed by atoms with van der Waals surface area (Å²) in [6.45, 7) is 0. The molecule has 0 aliphatic heterocycles. The van der Waals surface area contributed by atoms with Crippen molar-refractivity contribution in [2.24, 2.45) is 5.14 Å². The maximum atomic E-state index is 9.94. The number of hydrogen-bond donors (Lipinski definition) is 1. The van der Waals surface area contributed by atoms with Crippen LogP contribution in [0, 0.1) is 0 Å². The zero-order chi connectivity index (χ0) is 7.00. The second-order valence-corrected chi connectivity index (χ2v) is 6.80. The molecule has 0 unspecified atom stereocenters. The quantitative estimate of drug-likeness (QED) is 0.458. The predicted molar refractivity (Wildman–Crippen MR) is 28.0 cm³/mol. The van der Waals surface area contributed by atoms with Gasteiger partial charge in [0, 0.05) is 0 Å². The molecule has 0 fully saturated rings. The van der Waals surface area contributed by atoms with E-state index in [1.807, 2.05) is 0 Å². The van der Waals surface area contributed by atoms with Gasteiger partial charge in [-0.3, -0.25) is 0 Å². The van der Waals surface area contributed by atoms with Gasteiger partial charge in [-0.05, 0) is 0 Å². The minimum atomic E-state index is -4.37. The van der Waals surface area contributed by atoms with Gasteiger partial charge in [0.05, 0.1) is 6.26 Å². The van der Waals surface area contributed by atoms with E-state index < -0.39 is 17.9 Å². The first kappa shape index (κ1) is 7.86. The fraction of sp³-hybridized carbons (Fsp3) is 1.00. The van der Waals surface area contributed by atoms with Crippen molar-refractivity contribution >= 4 is 17.9 Å². The van der Waals surface area contributed by atoms with Crippen LogP contribution in [0.4, 0.5) is 0 Å². The molecule has 0 bridgehead atoms. The smallest absolute Gasteiger partial charge is 0.216 e. The summed E-state index contributed by atoms with van der Waals surface area (Å²) in [4.78, 5) is 0. The van der Waals surface area contributed by atoms with E-state index >= 15 is 0 Å². The van der Waals surface area contributed by atoms with Crippen LogP contribution in [0.1, 0.15) is 0 Å². The first-order chi connectivity index (χ1) is 3.25. The third kappa shape index (κ3) is 1.76. The Morgan fingerprint density at radius 1 is 1.12 bits per heavy atom. The lowest BCUT2D eigenvalue weighted by molar-refractivity contribution is 0.586. The summed E-state index contributed by atoms with van der Waals surface area (Å²) in [6, 6.07) is 0. The monoisotopic (exact) mass is 159 g/mol. The molecule has 7 heteroatoms. The molecule has 0 aromatic carbocycles. The largest absolute Gasteiger partial charge is 0.314 e. The molecule has 0 saturated carbocycles. The molecular formula is CH5NO4S2. The van der Waals surface area contributed by atoms with Crippen LogP contribution >= 0.6 is 0 Å². The molecule has 0 amide bonds. The molecule has 0 radical (unpaired) electrons. The fourth-order valence-electron chi connectivity index (χ4n) is 0. The van der Waals surface area contributed by atoms with E-state index in [9.17, 15) is 16.8 Å². The third-order valence-electron chi connectivity index (χ3n) is 0.422. The lowest BCUT2D eigenvalue weighted by Gasteiger charge is -1.87. The Kier molecular flexibility index (Phi) is 1.65. The molecule has 0 atom stereocenters. The van der Waals surface area contributed by atoms with Gasteiger partial charge in [-0.1, -0.05) is 0 Å². The van der Waals surface area contributed by atoms with Crippen molar-refractivity contribution in [1.82, 2.24) is 0 Å². The zero-order valence-corrected chi connectivity index (χ0v) is 5.66. The van der Waals surface area contributed by atoms with Crippen LogP contribution in [-0.2, 0) is 17.9 Å². The van der Waals surface area contributed by atoms with Crippen LogP contribution in [0.25, 0.3) is 0 Å². The molecular weight excluding hydrogens is 154 g/mol. The van der Waals surface area contributed by atoms with Crippen LogP contribution in [0.2, 0.25) is 0 Å². The highest BCUT2D eigenvalue weighted by atomic mass is 33.2. The summed E-state index contributed by atoms with van der Waals surface area (Å²) in [7, 11) is -8.46.